The van der Waals surface area contributed by atoms with Crippen LogP contribution in [0.4, 0.5) is 18.9 Å². The molecule has 1 saturated heterocycles. The van der Waals surface area contributed by atoms with E-state index in [4.69, 9.17) is 0 Å². The number of aromatic amines is 1. The largest absolute Gasteiger partial charge is 0.414 e. The first-order chi connectivity index (χ1) is 10.2. The second kappa shape index (κ2) is 5.91. The molecule has 1 unspecified atom stereocenters. The van der Waals surface area contributed by atoms with Crippen LogP contribution in [0.5, 0.6) is 0 Å². The van der Waals surface area contributed by atoms with Gasteiger partial charge < -0.3 is 10.0 Å². The van der Waals surface area contributed by atoms with Crippen molar-refractivity contribution in [3.8, 4) is 0 Å². The number of rotatable bonds is 3. The zero-order valence-corrected chi connectivity index (χ0v) is 11.2. The molecule has 22 heavy (non-hydrogen) atoms. The highest BCUT2D eigenvalue weighted by Gasteiger charge is 2.44. The van der Waals surface area contributed by atoms with E-state index >= 15 is 0 Å². The molecule has 1 amide bonds. The summed E-state index contributed by atoms with van der Waals surface area (Å²) in [5.74, 6) is -1.68. The lowest BCUT2D eigenvalue weighted by atomic mass is 9.91. The second-order valence-corrected chi connectivity index (χ2v) is 5.00. The Labute approximate surface area is 122 Å². The van der Waals surface area contributed by atoms with Crippen LogP contribution in [-0.2, 0) is 0 Å². The standard InChI is InChI=1S/C11H13F3N4O4/c12-11(13,14)9(19)6-1-3-17(4-2-6)10(20)8-7(18(21)22)5-15-16-8/h5-6,9,19H,1-4H2,(H,15,16). The first kappa shape index (κ1) is 16.2. The predicted octanol–water partition coefficient (Wildman–Crippen LogP) is 1.09. The van der Waals surface area contributed by atoms with Crippen LogP contribution in [0.3, 0.4) is 0 Å². The zero-order valence-electron chi connectivity index (χ0n) is 11.2. The normalized spacial score (nSPS) is 18.3. The second-order valence-electron chi connectivity index (χ2n) is 5.00. The zero-order chi connectivity index (χ0) is 16.5. The lowest BCUT2D eigenvalue weighted by Gasteiger charge is -2.34. The van der Waals surface area contributed by atoms with Gasteiger partial charge >= 0.3 is 11.9 Å². The molecule has 0 radical (unpaired) electrons. The molecule has 1 atom stereocenters. The van der Waals surface area contributed by atoms with Crippen molar-refractivity contribution in [2.45, 2.75) is 25.1 Å². The van der Waals surface area contributed by atoms with Crippen molar-refractivity contribution >= 4 is 11.6 Å². The summed E-state index contributed by atoms with van der Waals surface area (Å²) in [5.41, 5.74) is -0.790. The number of amides is 1. The fourth-order valence-electron chi connectivity index (χ4n) is 2.42. The fraction of sp³-hybridized carbons (Fsp3) is 0.636. The Bertz CT molecular complexity index is 566. The van der Waals surface area contributed by atoms with Crippen molar-refractivity contribution in [3.05, 3.63) is 22.0 Å². The van der Waals surface area contributed by atoms with Crippen molar-refractivity contribution in [1.82, 2.24) is 15.1 Å². The van der Waals surface area contributed by atoms with Crippen molar-refractivity contribution in [2.75, 3.05) is 13.1 Å². The Morgan fingerprint density at radius 2 is 2.09 bits per heavy atom. The molecule has 8 nitrogen and oxygen atoms in total. The highest BCUT2D eigenvalue weighted by molar-refractivity contribution is 5.96. The van der Waals surface area contributed by atoms with E-state index in [2.05, 4.69) is 10.2 Å². The van der Waals surface area contributed by atoms with Crippen LogP contribution in [0.25, 0.3) is 0 Å². The highest BCUT2D eigenvalue weighted by atomic mass is 19.4. The van der Waals surface area contributed by atoms with Crippen LogP contribution in [-0.4, -0.2) is 56.4 Å². The van der Waals surface area contributed by atoms with Crippen LogP contribution in [0.15, 0.2) is 6.20 Å². The SMILES string of the molecule is O=C(c1[nH]ncc1[N+](=O)[O-])N1CCC(C(O)C(F)(F)F)CC1. The number of likely N-dealkylation sites (tertiary alicyclic amines) is 1. The Morgan fingerprint density at radius 3 is 2.59 bits per heavy atom. The summed E-state index contributed by atoms with van der Waals surface area (Å²) in [7, 11) is 0. The Kier molecular flexibility index (Phi) is 4.35. The van der Waals surface area contributed by atoms with E-state index < -0.39 is 34.7 Å². The molecule has 1 aliphatic rings. The number of aliphatic hydroxyl groups excluding tert-OH is 1. The Morgan fingerprint density at radius 1 is 1.50 bits per heavy atom. The number of aliphatic hydroxyl groups is 1. The van der Waals surface area contributed by atoms with E-state index in [0.717, 1.165) is 6.20 Å². The molecule has 0 bridgehead atoms. The molecule has 1 fully saturated rings. The van der Waals surface area contributed by atoms with Gasteiger partial charge in [0, 0.05) is 13.1 Å². The summed E-state index contributed by atoms with van der Waals surface area (Å²) in [6, 6.07) is 0. The smallest absolute Gasteiger partial charge is 0.383 e. The Hall–Kier alpha value is -2.17. The van der Waals surface area contributed by atoms with Gasteiger partial charge in [0.2, 0.25) is 5.69 Å². The van der Waals surface area contributed by atoms with Crippen LogP contribution >= 0.6 is 0 Å². The molecule has 1 aliphatic heterocycles. The third kappa shape index (κ3) is 3.18. The Balaban J connectivity index is 2.01. The molecule has 0 aromatic carbocycles. The molecule has 1 aromatic rings. The molecule has 2 N–H and O–H groups in total. The van der Waals surface area contributed by atoms with Gasteiger partial charge in [0.1, 0.15) is 6.20 Å². The minimum absolute atomic E-state index is 0.0210. The number of H-pyrrole nitrogens is 1. The predicted molar refractivity (Wildman–Crippen MR) is 65.9 cm³/mol. The third-order valence-electron chi connectivity index (χ3n) is 3.64. The minimum atomic E-state index is -4.70. The maximum absolute atomic E-state index is 12.4. The van der Waals surface area contributed by atoms with E-state index in [9.17, 15) is 33.2 Å². The highest BCUT2D eigenvalue weighted by Crippen LogP contribution is 2.32. The number of carbonyl (C=O) groups excluding carboxylic acids is 1. The van der Waals surface area contributed by atoms with Crippen LogP contribution in [0.2, 0.25) is 0 Å². The number of halogens is 3. The number of nitrogens with zero attached hydrogens (tertiary/aromatic N) is 3. The summed E-state index contributed by atoms with van der Waals surface area (Å²) >= 11 is 0. The van der Waals surface area contributed by atoms with Gasteiger partial charge in [-0.15, -0.1) is 0 Å². The molecule has 11 heteroatoms. The van der Waals surface area contributed by atoms with Crippen LogP contribution < -0.4 is 0 Å². The molecule has 1 aromatic heterocycles. The molecule has 122 valence electrons. The number of alkyl halides is 3. The van der Waals surface area contributed by atoms with Gasteiger partial charge in [-0.1, -0.05) is 0 Å². The molecular formula is C11H13F3N4O4. The van der Waals surface area contributed by atoms with E-state index in [-0.39, 0.29) is 31.6 Å². The summed E-state index contributed by atoms with van der Waals surface area (Å²) in [6.45, 7) is -0.0420. The maximum Gasteiger partial charge on any atom is 0.414 e. The first-order valence-corrected chi connectivity index (χ1v) is 6.43. The third-order valence-corrected chi connectivity index (χ3v) is 3.64. The van der Waals surface area contributed by atoms with Gasteiger partial charge in [0.15, 0.2) is 6.10 Å². The summed E-state index contributed by atoms with van der Waals surface area (Å²) in [6.07, 6.45) is -6.29. The average Bonchev–Trinajstić information content (AvgIpc) is 2.94. The van der Waals surface area contributed by atoms with Crippen molar-refractivity contribution in [2.24, 2.45) is 5.92 Å². The van der Waals surface area contributed by atoms with Gasteiger partial charge in [-0.3, -0.25) is 20.0 Å². The van der Waals surface area contributed by atoms with Gasteiger partial charge in [-0.25, -0.2) is 0 Å². The van der Waals surface area contributed by atoms with Crippen molar-refractivity contribution in [1.29, 1.82) is 0 Å². The fourth-order valence-corrected chi connectivity index (χ4v) is 2.42. The minimum Gasteiger partial charge on any atom is -0.383 e. The lowest BCUT2D eigenvalue weighted by Crippen LogP contribution is -2.45. The van der Waals surface area contributed by atoms with Crippen LogP contribution in [0, 0.1) is 16.0 Å². The summed E-state index contributed by atoms with van der Waals surface area (Å²) < 4.78 is 37.3. The summed E-state index contributed by atoms with van der Waals surface area (Å²) in [4.78, 5) is 23.3. The molecule has 2 heterocycles. The maximum atomic E-state index is 12.4. The number of aromatic nitrogens is 2. The molecule has 2 rings (SSSR count). The quantitative estimate of drug-likeness (QED) is 0.639. The van der Waals surface area contributed by atoms with E-state index in [1.54, 1.807) is 0 Å². The van der Waals surface area contributed by atoms with Gasteiger partial charge in [0.25, 0.3) is 5.91 Å². The number of nitro groups is 1. The molecule has 0 aliphatic carbocycles. The topological polar surface area (TPSA) is 112 Å². The van der Waals surface area contributed by atoms with Gasteiger partial charge in [-0.05, 0) is 18.8 Å². The van der Waals surface area contributed by atoms with Crippen LogP contribution in [0.1, 0.15) is 23.3 Å². The number of nitrogens with one attached hydrogen (secondary N) is 1. The molecule has 0 spiro atoms. The number of carbonyl (C=O) groups is 1. The number of piperidine rings is 1. The average molecular weight is 322 g/mol. The van der Waals surface area contributed by atoms with Gasteiger partial charge in [0.05, 0.1) is 4.92 Å². The van der Waals surface area contributed by atoms with E-state index in [0.29, 0.717) is 0 Å². The monoisotopic (exact) mass is 322 g/mol. The van der Waals surface area contributed by atoms with Crippen molar-refractivity contribution in [3.63, 3.8) is 0 Å². The lowest BCUT2D eigenvalue weighted by molar-refractivity contribution is -0.385. The van der Waals surface area contributed by atoms with E-state index in [1.165, 1.54) is 4.90 Å². The van der Waals surface area contributed by atoms with E-state index in [1.807, 2.05) is 0 Å². The van der Waals surface area contributed by atoms with Gasteiger partial charge in [-0.2, -0.15) is 18.3 Å². The number of hydrogen-bond donors (Lipinski definition) is 2. The molecular weight excluding hydrogens is 309 g/mol. The number of hydrogen-bond acceptors (Lipinski definition) is 5. The first-order valence-electron chi connectivity index (χ1n) is 6.43. The molecule has 0 saturated carbocycles. The van der Waals surface area contributed by atoms with Crippen molar-refractivity contribution < 1.29 is 28.0 Å². The summed E-state index contributed by atoms with van der Waals surface area (Å²) in [5, 5.41) is 25.6.